The normalized spacial score (nSPS) is 9.81. The van der Waals surface area contributed by atoms with Gasteiger partial charge in [-0.25, -0.2) is 9.78 Å². The number of nitrogens with zero attached hydrogens (tertiary/aromatic N) is 1. The van der Waals surface area contributed by atoms with Crippen molar-refractivity contribution in [2.45, 2.75) is 0 Å². The maximum atomic E-state index is 11.5. The third kappa shape index (κ3) is 3.32. The zero-order chi connectivity index (χ0) is 12.0. The maximum absolute atomic E-state index is 11.5. The number of carboxylic acids is 1. The molecule has 0 aliphatic carbocycles. The number of ether oxygens (including phenoxy) is 1. The first kappa shape index (κ1) is 12.1. The molecule has 0 aliphatic rings. The molecule has 0 atom stereocenters. The van der Waals surface area contributed by atoms with E-state index in [1.807, 2.05) is 0 Å². The number of hydrogen-bond acceptors (Lipinski definition) is 4. The van der Waals surface area contributed by atoms with Gasteiger partial charge in [-0.2, -0.15) is 0 Å². The first-order chi connectivity index (χ1) is 7.65. The number of hydrogen-bond donors (Lipinski definition) is 2. The third-order valence-electron chi connectivity index (χ3n) is 1.79. The highest BCUT2D eigenvalue weighted by Crippen LogP contribution is 1.99. The molecule has 6 nitrogen and oxygen atoms in total. The molecule has 0 bridgehead atoms. The average molecular weight is 224 g/mol. The van der Waals surface area contributed by atoms with Crippen molar-refractivity contribution in [2.24, 2.45) is 0 Å². The number of nitrogens with one attached hydrogen (secondary N) is 1. The van der Waals surface area contributed by atoms with Crippen LogP contribution in [0.4, 0.5) is 0 Å². The highest BCUT2D eigenvalue weighted by Gasteiger charge is 2.10. The van der Waals surface area contributed by atoms with E-state index in [2.05, 4.69) is 10.3 Å². The van der Waals surface area contributed by atoms with Crippen LogP contribution in [0.15, 0.2) is 18.2 Å². The number of aromatic nitrogens is 1. The van der Waals surface area contributed by atoms with Crippen LogP contribution in [0.25, 0.3) is 0 Å². The summed E-state index contributed by atoms with van der Waals surface area (Å²) in [6.07, 6.45) is 0. The Balaban J connectivity index is 2.68. The van der Waals surface area contributed by atoms with Crippen molar-refractivity contribution >= 4 is 11.9 Å². The van der Waals surface area contributed by atoms with Gasteiger partial charge < -0.3 is 15.2 Å². The summed E-state index contributed by atoms with van der Waals surface area (Å²) in [6, 6.07) is 4.25. The average Bonchev–Trinajstić information content (AvgIpc) is 2.29. The number of amides is 1. The lowest BCUT2D eigenvalue weighted by molar-refractivity contribution is 0.0690. The lowest BCUT2D eigenvalue weighted by Crippen LogP contribution is -2.28. The van der Waals surface area contributed by atoms with E-state index < -0.39 is 11.9 Å². The van der Waals surface area contributed by atoms with Crippen LogP contribution in [0.2, 0.25) is 0 Å². The van der Waals surface area contributed by atoms with Gasteiger partial charge in [-0.3, -0.25) is 4.79 Å². The standard InChI is InChI=1S/C10H12N2O4/c1-16-6-5-11-9(13)7-3-2-4-8(12-7)10(14)15/h2-4H,5-6H2,1H3,(H,11,13)(H,14,15). The predicted octanol–water partition coefficient (Wildman–Crippen LogP) is 0.156. The number of carbonyl (C=O) groups excluding carboxylic acids is 1. The monoisotopic (exact) mass is 224 g/mol. The van der Waals surface area contributed by atoms with E-state index in [9.17, 15) is 9.59 Å². The Kier molecular flexibility index (Phi) is 4.41. The Morgan fingerprint density at radius 2 is 2.12 bits per heavy atom. The first-order valence-electron chi connectivity index (χ1n) is 4.62. The molecule has 6 heteroatoms. The number of rotatable bonds is 5. The zero-order valence-corrected chi connectivity index (χ0v) is 8.77. The van der Waals surface area contributed by atoms with Crippen LogP contribution in [0.1, 0.15) is 21.0 Å². The van der Waals surface area contributed by atoms with Gasteiger partial charge in [0.15, 0.2) is 0 Å². The minimum atomic E-state index is -1.16. The molecule has 0 saturated heterocycles. The number of carbonyl (C=O) groups is 2. The summed E-state index contributed by atoms with van der Waals surface area (Å²) in [4.78, 5) is 25.8. The second-order valence-electron chi connectivity index (χ2n) is 2.96. The van der Waals surface area contributed by atoms with E-state index in [-0.39, 0.29) is 11.4 Å². The summed E-state index contributed by atoms with van der Waals surface area (Å²) in [5.74, 6) is -1.58. The van der Waals surface area contributed by atoms with Crippen molar-refractivity contribution < 1.29 is 19.4 Å². The van der Waals surface area contributed by atoms with Gasteiger partial charge in [0.25, 0.3) is 5.91 Å². The van der Waals surface area contributed by atoms with Crippen molar-refractivity contribution in [3.8, 4) is 0 Å². The molecular weight excluding hydrogens is 212 g/mol. The fourth-order valence-corrected chi connectivity index (χ4v) is 1.04. The summed E-state index contributed by atoms with van der Waals surface area (Å²) in [7, 11) is 1.52. The van der Waals surface area contributed by atoms with E-state index in [0.717, 1.165) is 0 Å². The summed E-state index contributed by atoms with van der Waals surface area (Å²) >= 11 is 0. The molecule has 86 valence electrons. The van der Waals surface area contributed by atoms with Crippen molar-refractivity contribution in [1.82, 2.24) is 10.3 Å². The molecule has 1 rings (SSSR count). The smallest absolute Gasteiger partial charge is 0.354 e. The summed E-state index contributed by atoms with van der Waals surface area (Å²) in [5.41, 5.74) is -0.0737. The van der Waals surface area contributed by atoms with Crippen LogP contribution in [-0.4, -0.2) is 42.2 Å². The molecule has 0 radical (unpaired) electrons. The van der Waals surface area contributed by atoms with E-state index in [1.54, 1.807) is 0 Å². The second-order valence-corrected chi connectivity index (χ2v) is 2.96. The maximum Gasteiger partial charge on any atom is 0.354 e. The lowest BCUT2D eigenvalue weighted by Gasteiger charge is -2.04. The molecule has 1 aromatic rings. The van der Waals surface area contributed by atoms with Crippen LogP contribution in [0.3, 0.4) is 0 Å². The minimum Gasteiger partial charge on any atom is -0.477 e. The Bertz CT molecular complexity index is 392. The molecule has 0 spiro atoms. The van der Waals surface area contributed by atoms with E-state index in [1.165, 1.54) is 25.3 Å². The highest BCUT2D eigenvalue weighted by atomic mass is 16.5. The SMILES string of the molecule is COCCNC(=O)c1cccc(C(=O)O)n1. The van der Waals surface area contributed by atoms with Gasteiger partial charge in [-0.05, 0) is 12.1 Å². The summed E-state index contributed by atoms with van der Waals surface area (Å²) in [6.45, 7) is 0.749. The number of aromatic carboxylic acids is 1. The Morgan fingerprint density at radius 1 is 1.44 bits per heavy atom. The highest BCUT2D eigenvalue weighted by molar-refractivity contribution is 5.94. The Hall–Kier alpha value is -1.95. The topological polar surface area (TPSA) is 88.5 Å². The molecule has 1 heterocycles. The summed E-state index contributed by atoms with van der Waals surface area (Å²) in [5, 5.41) is 11.2. The molecule has 2 N–H and O–H groups in total. The molecule has 0 aliphatic heterocycles. The van der Waals surface area contributed by atoms with Gasteiger partial charge in [0.2, 0.25) is 0 Å². The molecular formula is C10H12N2O4. The molecule has 0 aromatic carbocycles. The van der Waals surface area contributed by atoms with Crippen LogP contribution >= 0.6 is 0 Å². The lowest BCUT2D eigenvalue weighted by atomic mass is 10.3. The Labute approximate surface area is 92.3 Å². The summed E-state index contributed by atoms with van der Waals surface area (Å²) < 4.78 is 4.76. The third-order valence-corrected chi connectivity index (χ3v) is 1.79. The van der Waals surface area contributed by atoms with Gasteiger partial charge in [-0.15, -0.1) is 0 Å². The molecule has 1 aromatic heterocycles. The van der Waals surface area contributed by atoms with Crippen molar-refractivity contribution in [3.63, 3.8) is 0 Å². The largest absolute Gasteiger partial charge is 0.477 e. The zero-order valence-electron chi connectivity index (χ0n) is 8.77. The number of pyridine rings is 1. The first-order valence-corrected chi connectivity index (χ1v) is 4.62. The fourth-order valence-electron chi connectivity index (χ4n) is 1.04. The fraction of sp³-hybridized carbons (Fsp3) is 0.300. The van der Waals surface area contributed by atoms with E-state index in [4.69, 9.17) is 9.84 Å². The Morgan fingerprint density at radius 3 is 2.75 bits per heavy atom. The molecule has 16 heavy (non-hydrogen) atoms. The van der Waals surface area contributed by atoms with Gasteiger partial charge in [0.1, 0.15) is 11.4 Å². The molecule has 0 saturated carbocycles. The number of methoxy groups -OCH3 is 1. The van der Waals surface area contributed by atoms with Gasteiger partial charge in [0.05, 0.1) is 6.61 Å². The molecule has 0 unspecified atom stereocenters. The molecule has 1 amide bonds. The second kappa shape index (κ2) is 5.82. The van der Waals surface area contributed by atoms with Crippen molar-refractivity contribution in [2.75, 3.05) is 20.3 Å². The van der Waals surface area contributed by atoms with Crippen LogP contribution in [0, 0.1) is 0 Å². The molecule has 0 fully saturated rings. The van der Waals surface area contributed by atoms with Crippen LogP contribution in [0.5, 0.6) is 0 Å². The van der Waals surface area contributed by atoms with Crippen LogP contribution < -0.4 is 5.32 Å². The van der Waals surface area contributed by atoms with Crippen molar-refractivity contribution in [3.05, 3.63) is 29.6 Å². The van der Waals surface area contributed by atoms with Gasteiger partial charge in [-0.1, -0.05) is 6.07 Å². The van der Waals surface area contributed by atoms with Crippen LogP contribution in [-0.2, 0) is 4.74 Å². The number of carboxylic acid groups (broad SMARTS) is 1. The minimum absolute atomic E-state index is 0.0796. The van der Waals surface area contributed by atoms with E-state index in [0.29, 0.717) is 13.2 Å². The van der Waals surface area contributed by atoms with Gasteiger partial charge in [0, 0.05) is 13.7 Å². The predicted molar refractivity (Wildman–Crippen MR) is 55.4 cm³/mol. The quantitative estimate of drug-likeness (QED) is 0.695. The van der Waals surface area contributed by atoms with Gasteiger partial charge >= 0.3 is 5.97 Å². The van der Waals surface area contributed by atoms with Crippen molar-refractivity contribution in [1.29, 1.82) is 0 Å². The van der Waals surface area contributed by atoms with E-state index >= 15 is 0 Å².